The number of hydrogen-bond acceptors (Lipinski definition) is 5. The van der Waals surface area contributed by atoms with Crippen molar-refractivity contribution in [2.75, 3.05) is 19.0 Å². The Bertz CT molecular complexity index is 987. The lowest BCUT2D eigenvalue weighted by Gasteiger charge is -2.09. The van der Waals surface area contributed by atoms with Gasteiger partial charge in [-0.2, -0.15) is 0 Å². The van der Waals surface area contributed by atoms with E-state index in [4.69, 9.17) is 9.47 Å². The average Bonchev–Trinajstić information content (AvgIpc) is 3.32. The van der Waals surface area contributed by atoms with Crippen LogP contribution in [0.1, 0.15) is 22.8 Å². The molecule has 0 radical (unpaired) electrons. The van der Waals surface area contributed by atoms with Gasteiger partial charge in [0, 0.05) is 15.7 Å². The number of carbonyl (C=O) groups excluding carboxylic acids is 3. The summed E-state index contributed by atoms with van der Waals surface area (Å²) in [7, 11) is 1.54. The second-order valence-electron chi connectivity index (χ2n) is 6.81. The molecular weight excluding hydrogens is 426 g/mol. The van der Waals surface area contributed by atoms with Crippen molar-refractivity contribution in [3.05, 3.63) is 58.1 Å². The van der Waals surface area contributed by atoms with Crippen LogP contribution >= 0.6 is 15.9 Å². The van der Waals surface area contributed by atoms with Gasteiger partial charge in [-0.15, -0.1) is 0 Å². The first-order chi connectivity index (χ1) is 13.4. The van der Waals surface area contributed by atoms with Gasteiger partial charge in [0.2, 0.25) is 5.91 Å². The van der Waals surface area contributed by atoms with Crippen molar-refractivity contribution in [3.8, 4) is 5.75 Å². The number of nitrogens with one attached hydrogen (secondary N) is 1. The Hall–Kier alpha value is -2.67. The van der Waals surface area contributed by atoms with Crippen molar-refractivity contribution in [2.45, 2.75) is 12.3 Å². The van der Waals surface area contributed by atoms with Crippen LogP contribution in [0.5, 0.6) is 5.75 Å². The van der Waals surface area contributed by atoms with Crippen LogP contribution in [0.3, 0.4) is 0 Å². The third kappa shape index (κ3) is 2.57. The van der Waals surface area contributed by atoms with E-state index in [2.05, 4.69) is 21.2 Å². The van der Waals surface area contributed by atoms with Crippen LogP contribution in [0.15, 0.2) is 46.9 Å². The lowest BCUT2D eigenvalue weighted by atomic mass is 9.91. The smallest absolute Gasteiger partial charge is 0.311 e. The first kappa shape index (κ1) is 18.7. The number of amides is 1. The minimum Gasteiger partial charge on any atom is -0.497 e. The zero-order valence-electron chi connectivity index (χ0n) is 15.3. The lowest BCUT2D eigenvalue weighted by molar-refractivity contribution is -0.146. The second-order valence-corrected chi connectivity index (χ2v) is 7.73. The number of ether oxygens (including phenoxy) is 2. The van der Waals surface area contributed by atoms with Crippen LogP contribution in [0.2, 0.25) is 0 Å². The number of benzene rings is 2. The maximum atomic E-state index is 13.3. The van der Waals surface area contributed by atoms with Gasteiger partial charge in [0.15, 0.2) is 5.78 Å². The first-order valence-corrected chi connectivity index (χ1v) is 9.70. The van der Waals surface area contributed by atoms with Gasteiger partial charge < -0.3 is 14.8 Å². The number of fused-ring (bicyclic) bond motifs is 2. The van der Waals surface area contributed by atoms with Gasteiger partial charge in [-0.3, -0.25) is 14.4 Å². The predicted octanol–water partition coefficient (Wildman–Crippen LogP) is 3.34. The number of carbonyl (C=O) groups is 3. The fourth-order valence-electron chi connectivity index (χ4n) is 4.17. The van der Waals surface area contributed by atoms with Crippen molar-refractivity contribution in [2.24, 2.45) is 11.8 Å². The molecule has 1 N–H and O–H groups in total. The summed E-state index contributed by atoms with van der Waals surface area (Å²) < 4.78 is 11.1. The van der Waals surface area contributed by atoms with Crippen LogP contribution in [0.4, 0.5) is 5.69 Å². The fraction of sp³-hybridized carbons (Fsp3) is 0.286. The Morgan fingerprint density at radius 1 is 1.14 bits per heavy atom. The van der Waals surface area contributed by atoms with Crippen molar-refractivity contribution in [1.82, 2.24) is 0 Å². The molecule has 2 aliphatic rings. The summed E-state index contributed by atoms with van der Waals surface area (Å²) in [4.78, 5) is 38.9. The Labute approximate surface area is 170 Å². The van der Waals surface area contributed by atoms with E-state index in [0.717, 1.165) is 4.47 Å². The van der Waals surface area contributed by atoms with Crippen molar-refractivity contribution < 1.29 is 23.9 Å². The molecule has 0 saturated heterocycles. The maximum Gasteiger partial charge on any atom is 0.311 e. The van der Waals surface area contributed by atoms with Crippen LogP contribution in [0.25, 0.3) is 0 Å². The first-order valence-electron chi connectivity index (χ1n) is 8.91. The number of esters is 1. The highest BCUT2D eigenvalue weighted by molar-refractivity contribution is 9.10. The second kappa shape index (κ2) is 6.74. The summed E-state index contributed by atoms with van der Waals surface area (Å²) >= 11 is 3.42. The summed E-state index contributed by atoms with van der Waals surface area (Å²) in [6, 6.07) is 12.0. The van der Waals surface area contributed by atoms with Gasteiger partial charge in [-0.05, 0) is 55.0 Å². The van der Waals surface area contributed by atoms with Crippen molar-refractivity contribution in [3.63, 3.8) is 0 Å². The monoisotopic (exact) mass is 443 g/mol. The summed E-state index contributed by atoms with van der Waals surface area (Å²) in [6.45, 7) is 1.88. The van der Waals surface area contributed by atoms with E-state index in [1.54, 1.807) is 56.5 Å². The number of halogens is 1. The molecule has 1 saturated carbocycles. The van der Waals surface area contributed by atoms with E-state index >= 15 is 0 Å². The molecule has 1 amide bonds. The standard InChI is InChI=1S/C21H18BrNO5/c1-3-28-19(25)17-16(18(24)11-4-7-13(27-2)8-5-11)21(17)14-10-12(22)6-9-15(14)23-20(21)26/h4-10,16-17H,3H2,1-2H3,(H,23,26)/t16-,17-,21?/m1/s1. The molecule has 2 aromatic rings. The van der Waals surface area contributed by atoms with E-state index in [1.165, 1.54) is 0 Å². The maximum absolute atomic E-state index is 13.3. The van der Waals surface area contributed by atoms with Crippen molar-refractivity contribution >= 4 is 39.3 Å². The lowest BCUT2D eigenvalue weighted by Crippen LogP contribution is -2.26. The van der Waals surface area contributed by atoms with E-state index in [-0.39, 0.29) is 18.3 Å². The molecule has 28 heavy (non-hydrogen) atoms. The molecule has 2 aromatic carbocycles. The summed E-state index contributed by atoms with van der Waals surface area (Å²) in [5, 5.41) is 2.82. The Morgan fingerprint density at radius 3 is 2.50 bits per heavy atom. The molecule has 0 aromatic heterocycles. The molecule has 1 aliphatic heterocycles. The third-order valence-electron chi connectivity index (χ3n) is 5.45. The summed E-state index contributed by atoms with van der Waals surface area (Å²) in [6.07, 6.45) is 0. The van der Waals surface area contributed by atoms with E-state index in [9.17, 15) is 14.4 Å². The molecule has 1 unspecified atom stereocenters. The molecule has 1 heterocycles. The molecule has 3 atom stereocenters. The molecule has 1 spiro atoms. The number of rotatable bonds is 5. The third-order valence-corrected chi connectivity index (χ3v) is 5.95. The highest BCUT2D eigenvalue weighted by Gasteiger charge is 2.79. The zero-order chi connectivity index (χ0) is 20.1. The number of anilines is 1. The van der Waals surface area contributed by atoms with Gasteiger partial charge in [0.25, 0.3) is 0 Å². The minimum absolute atomic E-state index is 0.182. The minimum atomic E-state index is -1.23. The Balaban J connectivity index is 1.79. The van der Waals surface area contributed by atoms with Crippen molar-refractivity contribution in [1.29, 1.82) is 0 Å². The topological polar surface area (TPSA) is 81.7 Å². The highest BCUT2D eigenvalue weighted by Crippen LogP contribution is 2.66. The number of methoxy groups -OCH3 is 1. The fourth-order valence-corrected chi connectivity index (χ4v) is 4.53. The normalized spacial score (nSPS) is 24.5. The SMILES string of the molecule is CCOC(=O)[C@H]1[C@H](C(=O)c2ccc(OC)cc2)C12C(=O)Nc1ccc(Br)cc12. The molecule has 1 fully saturated rings. The Kier molecular flexibility index (Phi) is 4.50. The molecule has 1 aliphatic carbocycles. The van der Waals surface area contributed by atoms with E-state index < -0.39 is 23.2 Å². The zero-order valence-corrected chi connectivity index (χ0v) is 16.9. The summed E-state index contributed by atoms with van der Waals surface area (Å²) in [5.74, 6) is -2.17. The number of ketones is 1. The quantitative estimate of drug-likeness (QED) is 0.565. The molecular formula is C21H18BrNO5. The summed E-state index contributed by atoms with van der Waals surface area (Å²) in [5.41, 5.74) is 0.458. The van der Waals surface area contributed by atoms with E-state index in [0.29, 0.717) is 22.6 Å². The van der Waals surface area contributed by atoms with Gasteiger partial charge in [-0.1, -0.05) is 15.9 Å². The van der Waals surface area contributed by atoms with Crippen LogP contribution in [-0.4, -0.2) is 31.4 Å². The van der Waals surface area contributed by atoms with Gasteiger partial charge in [-0.25, -0.2) is 0 Å². The molecule has 144 valence electrons. The molecule has 0 bridgehead atoms. The largest absolute Gasteiger partial charge is 0.497 e. The number of hydrogen-bond donors (Lipinski definition) is 1. The van der Waals surface area contributed by atoms with Crippen LogP contribution < -0.4 is 10.1 Å². The Morgan fingerprint density at radius 2 is 1.86 bits per heavy atom. The highest BCUT2D eigenvalue weighted by atomic mass is 79.9. The van der Waals surface area contributed by atoms with Gasteiger partial charge in [0.05, 0.1) is 25.6 Å². The number of Topliss-reactive ketones (excluding diaryl/α,β-unsaturated/α-hetero) is 1. The van der Waals surface area contributed by atoms with Crippen LogP contribution in [-0.2, 0) is 19.7 Å². The molecule has 4 rings (SSSR count). The van der Waals surface area contributed by atoms with E-state index in [1.807, 2.05) is 0 Å². The van der Waals surface area contributed by atoms with Crippen LogP contribution in [0, 0.1) is 11.8 Å². The molecule has 6 nitrogen and oxygen atoms in total. The molecule has 7 heteroatoms. The van der Waals surface area contributed by atoms with Gasteiger partial charge in [0.1, 0.15) is 11.2 Å². The van der Waals surface area contributed by atoms with Gasteiger partial charge >= 0.3 is 5.97 Å². The predicted molar refractivity (Wildman–Crippen MR) is 105 cm³/mol. The average molecular weight is 444 g/mol.